The first-order valence-corrected chi connectivity index (χ1v) is 8.90. The van der Waals surface area contributed by atoms with Crippen molar-refractivity contribution < 1.29 is 4.79 Å². The molecule has 1 saturated carbocycles. The molecule has 2 unspecified atom stereocenters. The van der Waals surface area contributed by atoms with E-state index in [1.54, 1.807) is 6.20 Å². The summed E-state index contributed by atoms with van der Waals surface area (Å²) in [5.41, 5.74) is 5.27. The number of Topliss-reactive ketones (excluding diaryl/α,β-unsaturated/α-hetero) is 1. The summed E-state index contributed by atoms with van der Waals surface area (Å²) in [6, 6.07) is 14.2. The van der Waals surface area contributed by atoms with Crippen LogP contribution >= 0.6 is 0 Å². The average molecular weight is 331 g/mol. The van der Waals surface area contributed by atoms with Gasteiger partial charge in [-0.2, -0.15) is 10.2 Å². The second kappa shape index (κ2) is 6.71. The Morgan fingerprint density at radius 2 is 1.96 bits per heavy atom. The summed E-state index contributed by atoms with van der Waals surface area (Å²) in [6.45, 7) is 2.17. The molecule has 0 spiro atoms. The molecule has 2 aromatic rings. The van der Waals surface area contributed by atoms with E-state index in [4.69, 9.17) is 0 Å². The van der Waals surface area contributed by atoms with Gasteiger partial charge in [-0.05, 0) is 42.0 Å². The summed E-state index contributed by atoms with van der Waals surface area (Å²) < 4.78 is 0. The molecule has 1 aromatic carbocycles. The van der Waals surface area contributed by atoms with E-state index in [9.17, 15) is 4.79 Å². The third kappa shape index (κ3) is 3.29. The van der Waals surface area contributed by atoms with Gasteiger partial charge in [-0.3, -0.25) is 9.78 Å². The monoisotopic (exact) mass is 331 g/mol. The van der Waals surface area contributed by atoms with Gasteiger partial charge in [0, 0.05) is 25.0 Å². The predicted molar refractivity (Wildman–Crippen MR) is 99.1 cm³/mol. The van der Waals surface area contributed by atoms with Crippen LogP contribution in [-0.4, -0.2) is 22.2 Å². The lowest BCUT2D eigenvalue weighted by Gasteiger charge is -2.07. The Balaban J connectivity index is 1.36. The third-order valence-electron chi connectivity index (χ3n) is 5.06. The first-order valence-electron chi connectivity index (χ1n) is 8.90. The molecule has 0 N–H and O–H groups in total. The lowest BCUT2D eigenvalue weighted by molar-refractivity contribution is -0.119. The Morgan fingerprint density at radius 1 is 1.12 bits per heavy atom. The van der Waals surface area contributed by atoms with Gasteiger partial charge in [0.25, 0.3) is 0 Å². The van der Waals surface area contributed by atoms with Crippen LogP contribution in [0.2, 0.25) is 0 Å². The molecule has 1 fully saturated rings. The number of hydrogen-bond donors (Lipinski definition) is 0. The summed E-state index contributed by atoms with van der Waals surface area (Å²) in [5.74, 6) is 0.836. The van der Waals surface area contributed by atoms with Gasteiger partial charge in [-0.25, -0.2) is 0 Å². The molecule has 0 radical (unpaired) electrons. The van der Waals surface area contributed by atoms with Crippen LogP contribution < -0.4 is 0 Å². The molecular formula is C21H21N3O. The number of pyridine rings is 1. The number of aromatic nitrogens is 1. The Labute approximate surface area is 147 Å². The summed E-state index contributed by atoms with van der Waals surface area (Å²) >= 11 is 0. The van der Waals surface area contributed by atoms with Gasteiger partial charge in [0.1, 0.15) is 5.78 Å². The van der Waals surface area contributed by atoms with E-state index in [1.165, 1.54) is 11.1 Å². The molecule has 1 aromatic heterocycles. The minimum Gasteiger partial charge on any atom is -0.299 e. The van der Waals surface area contributed by atoms with Crippen LogP contribution in [0.1, 0.15) is 48.9 Å². The molecule has 0 saturated heterocycles. The molecule has 2 heterocycles. The van der Waals surface area contributed by atoms with Crippen LogP contribution in [0.5, 0.6) is 0 Å². The highest BCUT2D eigenvalue weighted by molar-refractivity contribution is 6.18. The maximum atomic E-state index is 12.6. The van der Waals surface area contributed by atoms with Gasteiger partial charge in [-0.1, -0.05) is 37.3 Å². The number of rotatable bonds is 6. The first-order chi connectivity index (χ1) is 12.3. The van der Waals surface area contributed by atoms with Crippen LogP contribution in [-0.2, 0) is 11.2 Å². The molecule has 0 bridgehead atoms. The lowest BCUT2D eigenvalue weighted by Crippen LogP contribution is -2.12. The Bertz CT molecular complexity index is 854. The van der Waals surface area contributed by atoms with Crippen molar-refractivity contribution in [3.8, 4) is 0 Å². The highest BCUT2D eigenvalue weighted by Crippen LogP contribution is 2.49. The van der Waals surface area contributed by atoms with Crippen LogP contribution in [0.3, 0.4) is 0 Å². The number of carbonyl (C=O) groups is 1. The maximum absolute atomic E-state index is 12.6. The minimum absolute atomic E-state index is 0.148. The van der Waals surface area contributed by atoms with Gasteiger partial charge in [0.15, 0.2) is 0 Å². The van der Waals surface area contributed by atoms with E-state index in [0.29, 0.717) is 24.5 Å². The SMILES string of the molecule is CCc1ccccc1C1CC1C(=O)CC1=NN=C(c2ccccn2)C1. The molecule has 1 aliphatic heterocycles. The van der Waals surface area contributed by atoms with Crippen molar-refractivity contribution in [3.63, 3.8) is 0 Å². The standard InChI is InChI=1S/C21H21N3O/c1-2-14-7-3-4-8-16(14)17-13-18(17)21(25)12-15-11-20(24-23-15)19-9-5-6-10-22-19/h3-10,17-18H,2,11-13H2,1H3. The van der Waals surface area contributed by atoms with Crippen LogP contribution in [0.4, 0.5) is 0 Å². The zero-order valence-corrected chi connectivity index (χ0v) is 14.4. The summed E-state index contributed by atoms with van der Waals surface area (Å²) in [4.78, 5) is 16.9. The fourth-order valence-electron chi connectivity index (χ4n) is 3.61. The number of carbonyl (C=O) groups excluding carboxylic acids is 1. The minimum atomic E-state index is 0.148. The van der Waals surface area contributed by atoms with E-state index in [0.717, 1.165) is 30.0 Å². The summed E-state index contributed by atoms with van der Waals surface area (Å²) in [7, 11) is 0. The largest absolute Gasteiger partial charge is 0.299 e. The molecule has 2 atom stereocenters. The second-order valence-corrected chi connectivity index (χ2v) is 6.75. The Hall–Kier alpha value is -2.62. The van der Waals surface area contributed by atoms with Gasteiger partial charge in [0.2, 0.25) is 0 Å². The molecule has 4 heteroatoms. The van der Waals surface area contributed by atoms with Crippen molar-refractivity contribution in [1.82, 2.24) is 4.98 Å². The zero-order chi connectivity index (χ0) is 17.2. The molecule has 4 nitrogen and oxygen atoms in total. The smallest absolute Gasteiger partial charge is 0.142 e. The molecule has 2 aliphatic rings. The van der Waals surface area contributed by atoms with Crippen LogP contribution in [0.15, 0.2) is 58.9 Å². The molecule has 25 heavy (non-hydrogen) atoms. The fraction of sp³-hybridized carbons (Fsp3) is 0.333. The number of aryl methyl sites for hydroxylation is 1. The summed E-state index contributed by atoms with van der Waals surface area (Å²) in [6.07, 6.45) is 4.78. The average Bonchev–Trinajstić information content (AvgIpc) is 3.34. The van der Waals surface area contributed by atoms with Crippen molar-refractivity contribution in [3.05, 3.63) is 65.5 Å². The van der Waals surface area contributed by atoms with Crippen molar-refractivity contribution in [2.45, 2.75) is 38.5 Å². The van der Waals surface area contributed by atoms with E-state index < -0.39 is 0 Å². The Kier molecular flexibility index (Phi) is 4.26. The highest BCUT2D eigenvalue weighted by atomic mass is 16.1. The molecular weight excluding hydrogens is 310 g/mol. The van der Waals surface area contributed by atoms with Gasteiger partial charge >= 0.3 is 0 Å². The fourth-order valence-corrected chi connectivity index (χ4v) is 3.61. The van der Waals surface area contributed by atoms with Crippen LogP contribution in [0.25, 0.3) is 0 Å². The Morgan fingerprint density at radius 3 is 2.76 bits per heavy atom. The number of ketones is 1. The van der Waals surface area contributed by atoms with E-state index in [2.05, 4.69) is 46.4 Å². The normalized spacial score (nSPS) is 21.6. The molecule has 1 aliphatic carbocycles. The molecule has 126 valence electrons. The molecule has 0 amide bonds. The molecule has 4 rings (SSSR count). The summed E-state index contributed by atoms with van der Waals surface area (Å²) in [5, 5.41) is 8.43. The zero-order valence-electron chi connectivity index (χ0n) is 14.4. The third-order valence-corrected chi connectivity index (χ3v) is 5.06. The van der Waals surface area contributed by atoms with Gasteiger partial charge < -0.3 is 0 Å². The van der Waals surface area contributed by atoms with Gasteiger partial charge in [0.05, 0.1) is 17.1 Å². The lowest BCUT2D eigenvalue weighted by atomic mass is 9.97. The van der Waals surface area contributed by atoms with E-state index in [1.807, 2.05) is 18.2 Å². The van der Waals surface area contributed by atoms with Crippen molar-refractivity contribution in [1.29, 1.82) is 0 Å². The maximum Gasteiger partial charge on any atom is 0.142 e. The van der Waals surface area contributed by atoms with E-state index in [-0.39, 0.29) is 5.92 Å². The van der Waals surface area contributed by atoms with Gasteiger partial charge in [-0.15, -0.1) is 0 Å². The van der Waals surface area contributed by atoms with Crippen molar-refractivity contribution in [2.75, 3.05) is 0 Å². The van der Waals surface area contributed by atoms with Crippen LogP contribution in [0, 0.1) is 5.92 Å². The number of benzene rings is 1. The predicted octanol–water partition coefficient (Wildman–Crippen LogP) is 3.96. The van der Waals surface area contributed by atoms with Crippen molar-refractivity contribution >= 4 is 17.2 Å². The quantitative estimate of drug-likeness (QED) is 0.804. The number of hydrogen-bond acceptors (Lipinski definition) is 4. The number of nitrogens with zero attached hydrogens (tertiary/aromatic N) is 3. The highest BCUT2D eigenvalue weighted by Gasteiger charge is 2.44. The van der Waals surface area contributed by atoms with Crippen molar-refractivity contribution in [2.24, 2.45) is 16.1 Å². The first kappa shape index (κ1) is 15.9. The van der Waals surface area contributed by atoms with E-state index >= 15 is 0 Å². The second-order valence-electron chi connectivity index (χ2n) is 6.75. The topological polar surface area (TPSA) is 54.7 Å².